The lowest BCUT2D eigenvalue weighted by atomic mass is 10.1. The Kier molecular flexibility index (Phi) is 4.75. The molecule has 0 aromatic heterocycles. The Balaban J connectivity index is 1.91. The summed E-state index contributed by atoms with van der Waals surface area (Å²) in [7, 11) is 0. The molecular weight excluding hydrogens is 302 g/mol. The summed E-state index contributed by atoms with van der Waals surface area (Å²) in [6, 6.07) is 15.4. The monoisotopic (exact) mass is 321 g/mol. The van der Waals surface area contributed by atoms with E-state index in [0.717, 1.165) is 12.0 Å². The average Bonchev–Trinajstić information content (AvgIpc) is 2.97. The quantitative estimate of drug-likeness (QED) is 0.618. The van der Waals surface area contributed by atoms with Gasteiger partial charge in [-0.3, -0.25) is 0 Å². The Bertz CT molecular complexity index is 804. The van der Waals surface area contributed by atoms with Crippen molar-refractivity contribution in [2.24, 2.45) is 4.99 Å². The second-order valence-corrected chi connectivity index (χ2v) is 5.36. The highest BCUT2D eigenvalue weighted by Crippen LogP contribution is 2.25. The minimum absolute atomic E-state index is 0.278. The fraction of sp³-hybridized carbons (Fsp3) is 0.200. The molecule has 1 aliphatic heterocycles. The first kappa shape index (κ1) is 16.0. The summed E-state index contributed by atoms with van der Waals surface area (Å²) in [5.41, 5.74) is 3.14. The smallest absolute Gasteiger partial charge is 0.363 e. The van der Waals surface area contributed by atoms with Gasteiger partial charge in [0, 0.05) is 0 Å². The van der Waals surface area contributed by atoms with Crippen LogP contribution in [-0.2, 0) is 16.0 Å². The fourth-order valence-electron chi connectivity index (χ4n) is 2.46. The van der Waals surface area contributed by atoms with Gasteiger partial charge in [0.2, 0.25) is 5.90 Å². The predicted octanol–water partition coefficient (Wildman–Crippen LogP) is 3.99. The van der Waals surface area contributed by atoms with Crippen LogP contribution in [0.15, 0.2) is 59.2 Å². The van der Waals surface area contributed by atoms with Crippen molar-refractivity contribution in [3.63, 3.8) is 0 Å². The standard InChI is InChI=1S/C20H19NO3/c1-3-14-9-11-15(12-10-14)13-17-20(22)24-19(21-17)16-7-5-6-8-18(16)23-4-2/h5-13H,3-4H2,1-2H3/b17-13-. The number of hydrogen-bond donors (Lipinski definition) is 0. The molecule has 0 fully saturated rings. The number of benzene rings is 2. The maximum absolute atomic E-state index is 12.1. The topological polar surface area (TPSA) is 47.9 Å². The molecule has 1 aliphatic rings. The maximum Gasteiger partial charge on any atom is 0.363 e. The molecule has 0 atom stereocenters. The number of nitrogens with zero attached hydrogens (tertiary/aromatic N) is 1. The van der Waals surface area contributed by atoms with Crippen LogP contribution in [0.1, 0.15) is 30.5 Å². The third-order valence-electron chi connectivity index (χ3n) is 3.73. The zero-order valence-corrected chi connectivity index (χ0v) is 13.8. The van der Waals surface area contributed by atoms with Gasteiger partial charge < -0.3 is 9.47 Å². The number of aryl methyl sites for hydroxylation is 1. The number of rotatable bonds is 5. The van der Waals surface area contributed by atoms with E-state index in [1.807, 2.05) is 55.5 Å². The molecule has 0 saturated carbocycles. The van der Waals surface area contributed by atoms with Crippen molar-refractivity contribution in [2.75, 3.05) is 6.61 Å². The Hall–Kier alpha value is -2.88. The van der Waals surface area contributed by atoms with Crippen LogP contribution in [0.2, 0.25) is 0 Å². The van der Waals surface area contributed by atoms with Crippen LogP contribution in [0, 0.1) is 0 Å². The van der Waals surface area contributed by atoms with Crippen LogP contribution >= 0.6 is 0 Å². The van der Waals surface area contributed by atoms with Crippen LogP contribution < -0.4 is 4.74 Å². The minimum Gasteiger partial charge on any atom is -0.493 e. The number of carbonyl (C=O) groups excluding carboxylic acids is 1. The van der Waals surface area contributed by atoms with Gasteiger partial charge in [-0.15, -0.1) is 0 Å². The van der Waals surface area contributed by atoms with E-state index in [4.69, 9.17) is 9.47 Å². The Morgan fingerprint density at radius 2 is 1.83 bits per heavy atom. The summed E-state index contributed by atoms with van der Waals surface area (Å²) < 4.78 is 10.9. The number of ether oxygens (including phenoxy) is 2. The number of esters is 1. The van der Waals surface area contributed by atoms with Crippen LogP contribution in [0.25, 0.3) is 6.08 Å². The zero-order chi connectivity index (χ0) is 16.9. The van der Waals surface area contributed by atoms with E-state index >= 15 is 0 Å². The average molecular weight is 321 g/mol. The van der Waals surface area contributed by atoms with Crippen molar-refractivity contribution in [3.05, 3.63) is 70.9 Å². The first-order valence-electron chi connectivity index (χ1n) is 8.05. The van der Waals surface area contributed by atoms with E-state index in [1.54, 1.807) is 6.08 Å². The first-order valence-corrected chi connectivity index (χ1v) is 8.05. The summed E-state index contributed by atoms with van der Waals surface area (Å²) in [6.45, 7) is 4.55. The molecule has 0 unspecified atom stereocenters. The second kappa shape index (κ2) is 7.13. The largest absolute Gasteiger partial charge is 0.493 e. The molecule has 0 radical (unpaired) electrons. The van der Waals surface area contributed by atoms with E-state index in [2.05, 4.69) is 11.9 Å². The van der Waals surface area contributed by atoms with E-state index in [1.165, 1.54) is 5.56 Å². The van der Waals surface area contributed by atoms with E-state index in [0.29, 0.717) is 23.6 Å². The highest BCUT2D eigenvalue weighted by molar-refractivity contribution is 6.13. The SMILES string of the molecule is CCOc1ccccc1C1=N/C(=C\c2ccc(CC)cc2)C(=O)O1. The normalized spacial score (nSPS) is 15.3. The van der Waals surface area contributed by atoms with E-state index in [9.17, 15) is 4.79 Å². The molecule has 0 N–H and O–H groups in total. The van der Waals surface area contributed by atoms with Crippen molar-refractivity contribution in [1.29, 1.82) is 0 Å². The van der Waals surface area contributed by atoms with Crippen molar-refractivity contribution in [2.45, 2.75) is 20.3 Å². The lowest BCUT2D eigenvalue weighted by Gasteiger charge is -2.08. The summed E-state index contributed by atoms with van der Waals surface area (Å²) >= 11 is 0. The van der Waals surface area contributed by atoms with Gasteiger partial charge in [0.05, 0.1) is 12.2 Å². The molecule has 0 bridgehead atoms. The van der Waals surface area contributed by atoms with Gasteiger partial charge in [0.15, 0.2) is 5.70 Å². The van der Waals surface area contributed by atoms with E-state index in [-0.39, 0.29) is 5.90 Å². The summed E-state index contributed by atoms with van der Waals surface area (Å²) in [6.07, 6.45) is 2.72. The number of cyclic esters (lactones) is 1. The molecular formula is C20H19NO3. The molecule has 4 nitrogen and oxygen atoms in total. The second-order valence-electron chi connectivity index (χ2n) is 5.36. The van der Waals surface area contributed by atoms with Crippen LogP contribution in [-0.4, -0.2) is 18.5 Å². The molecule has 2 aromatic rings. The molecule has 24 heavy (non-hydrogen) atoms. The minimum atomic E-state index is -0.448. The summed E-state index contributed by atoms with van der Waals surface area (Å²) in [4.78, 5) is 16.5. The molecule has 0 spiro atoms. The van der Waals surface area contributed by atoms with Gasteiger partial charge >= 0.3 is 5.97 Å². The van der Waals surface area contributed by atoms with Gasteiger partial charge in [0.1, 0.15) is 5.75 Å². The predicted molar refractivity (Wildman–Crippen MR) is 94.0 cm³/mol. The van der Waals surface area contributed by atoms with Gasteiger partial charge in [0.25, 0.3) is 0 Å². The first-order chi connectivity index (χ1) is 11.7. The number of para-hydroxylation sites is 1. The number of aliphatic imine (C=N–C) groups is 1. The Morgan fingerprint density at radius 3 is 2.54 bits per heavy atom. The van der Waals surface area contributed by atoms with Gasteiger partial charge in [-0.05, 0) is 42.7 Å². The van der Waals surface area contributed by atoms with Crippen molar-refractivity contribution >= 4 is 17.9 Å². The van der Waals surface area contributed by atoms with Gasteiger partial charge in [-0.25, -0.2) is 9.79 Å². The van der Waals surface area contributed by atoms with Crippen molar-refractivity contribution < 1.29 is 14.3 Å². The van der Waals surface area contributed by atoms with Gasteiger partial charge in [-0.2, -0.15) is 0 Å². The lowest BCUT2D eigenvalue weighted by Crippen LogP contribution is -2.07. The molecule has 4 heteroatoms. The fourth-order valence-corrected chi connectivity index (χ4v) is 2.46. The lowest BCUT2D eigenvalue weighted by molar-refractivity contribution is -0.129. The zero-order valence-electron chi connectivity index (χ0n) is 13.8. The van der Waals surface area contributed by atoms with Crippen LogP contribution in [0.4, 0.5) is 0 Å². The molecule has 0 saturated heterocycles. The molecule has 0 aliphatic carbocycles. The molecule has 0 amide bonds. The van der Waals surface area contributed by atoms with Crippen molar-refractivity contribution in [1.82, 2.24) is 0 Å². The van der Waals surface area contributed by atoms with Crippen molar-refractivity contribution in [3.8, 4) is 5.75 Å². The highest BCUT2D eigenvalue weighted by Gasteiger charge is 2.26. The summed E-state index contributed by atoms with van der Waals surface area (Å²) in [5.74, 6) is 0.483. The van der Waals surface area contributed by atoms with Gasteiger partial charge in [-0.1, -0.05) is 43.3 Å². The number of hydrogen-bond acceptors (Lipinski definition) is 4. The maximum atomic E-state index is 12.1. The Morgan fingerprint density at radius 1 is 1.08 bits per heavy atom. The molecule has 1 heterocycles. The highest BCUT2D eigenvalue weighted by atomic mass is 16.6. The third kappa shape index (κ3) is 3.38. The molecule has 122 valence electrons. The molecule has 3 rings (SSSR count). The molecule has 2 aromatic carbocycles. The van der Waals surface area contributed by atoms with Crippen LogP contribution in [0.5, 0.6) is 5.75 Å². The third-order valence-corrected chi connectivity index (χ3v) is 3.73. The van der Waals surface area contributed by atoms with E-state index < -0.39 is 5.97 Å². The van der Waals surface area contributed by atoms with Crippen LogP contribution in [0.3, 0.4) is 0 Å². The summed E-state index contributed by atoms with van der Waals surface area (Å²) in [5, 5.41) is 0. The Labute approximate surface area is 141 Å². The number of carbonyl (C=O) groups is 1.